The van der Waals surface area contributed by atoms with Gasteiger partial charge in [-0.2, -0.15) is 13.2 Å². The molecule has 0 aliphatic carbocycles. The second kappa shape index (κ2) is 7.78. The van der Waals surface area contributed by atoms with E-state index in [9.17, 15) is 23.1 Å². The number of hydrogen-bond acceptors (Lipinski definition) is 3. The van der Waals surface area contributed by atoms with E-state index in [2.05, 4.69) is 5.32 Å². The van der Waals surface area contributed by atoms with Gasteiger partial charge >= 0.3 is 6.18 Å². The number of para-hydroxylation sites is 1. The van der Waals surface area contributed by atoms with Crippen LogP contribution in [0, 0.1) is 0 Å². The fourth-order valence-corrected chi connectivity index (χ4v) is 3.56. The van der Waals surface area contributed by atoms with Crippen molar-refractivity contribution in [3.63, 3.8) is 0 Å². The van der Waals surface area contributed by atoms with Crippen molar-refractivity contribution in [2.45, 2.75) is 25.1 Å². The Morgan fingerprint density at radius 1 is 1.22 bits per heavy atom. The summed E-state index contributed by atoms with van der Waals surface area (Å²) in [6.45, 7) is 0.613. The van der Waals surface area contributed by atoms with Gasteiger partial charge < -0.3 is 10.4 Å². The molecule has 0 saturated carbocycles. The summed E-state index contributed by atoms with van der Waals surface area (Å²) in [5.41, 5.74) is -0.441. The molecular weight excluding hydrogens is 381 g/mol. The zero-order valence-corrected chi connectivity index (χ0v) is 15.0. The zero-order chi connectivity index (χ0) is 19.6. The maximum atomic E-state index is 13.2. The third-order valence-electron chi connectivity index (χ3n) is 4.57. The summed E-state index contributed by atoms with van der Waals surface area (Å²) >= 11 is 5.88. The summed E-state index contributed by atoms with van der Waals surface area (Å²) in [6.07, 6.45) is -2.91. The molecule has 0 unspecified atom stereocenters. The van der Waals surface area contributed by atoms with Crippen LogP contribution in [0.15, 0.2) is 42.5 Å². The van der Waals surface area contributed by atoms with Gasteiger partial charge in [0.25, 0.3) is 0 Å². The monoisotopic (exact) mass is 398 g/mol. The van der Waals surface area contributed by atoms with Gasteiger partial charge in [0.15, 0.2) is 0 Å². The van der Waals surface area contributed by atoms with E-state index in [1.54, 1.807) is 24.3 Å². The number of phenols is 1. The molecule has 3 rings (SSSR count). The normalized spacial score (nSPS) is 17.9. The van der Waals surface area contributed by atoms with Gasteiger partial charge in [-0.3, -0.25) is 9.69 Å². The molecule has 1 aliphatic heterocycles. The van der Waals surface area contributed by atoms with Gasteiger partial charge in [-0.05, 0) is 49.2 Å². The minimum atomic E-state index is -4.62. The number of amides is 1. The Morgan fingerprint density at radius 3 is 2.59 bits per heavy atom. The lowest BCUT2D eigenvalue weighted by molar-refractivity contribution is -0.137. The Morgan fingerprint density at radius 2 is 1.93 bits per heavy atom. The van der Waals surface area contributed by atoms with Crippen LogP contribution in [-0.2, 0) is 11.0 Å². The number of nitrogens with one attached hydrogen (secondary N) is 1. The van der Waals surface area contributed by atoms with Crippen LogP contribution in [0.25, 0.3) is 0 Å². The largest absolute Gasteiger partial charge is 0.508 e. The van der Waals surface area contributed by atoms with Gasteiger partial charge in [0.2, 0.25) is 5.91 Å². The molecule has 2 N–H and O–H groups in total. The molecule has 0 spiro atoms. The summed E-state index contributed by atoms with van der Waals surface area (Å²) in [5.74, 6) is -0.404. The minimum Gasteiger partial charge on any atom is -0.508 e. The number of hydrogen-bond donors (Lipinski definition) is 2. The average molecular weight is 399 g/mol. The van der Waals surface area contributed by atoms with Crippen LogP contribution in [0.2, 0.25) is 5.02 Å². The van der Waals surface area contributed by atoms with Crippen molar-refractivity contribution in [1.29, 1.82) is 0 Å². The number of likely N-dealkylation sites (tertiary alicyclic amines) is 1. The summed E-state index contributed by atoms with van der Waals surface area (Å²) in [7, 11) is 0. The number of aromatic hydroxyl groups is 1. The van der Waals surface area contributed by atoms with E-state index in [4.69, 9.17) is 11.6 Å². The summed E-state index contributed by atoms with van der Waals surface area (Å²) in [5, 5.41) is 11.6. The number of rotatable bonds is 4. The van der Waals surface area contributed by atoms with E-state index < -0.39 is 23.3 Å². The van der Waals surface area contributed by atoms with Crippen LogP contribution in [0.4, 0.5) is 18.9 Å². The first-order chi connectivity index (χ1) is 12.8. The lowest BCUT2D eigenvalue weighted by Crippen LogP contribution is -2.33. The summed E-state index contributed by atoms with van der Waals surface area (Å²) < 4.78 is 39.5. The Labute approximate surface area is 159 Å². The standard InChI is InChI=1S/C19H18ClF3N2O2/c20-15-4-1-3-14(19(21,22)23)18(15)24-17(27)11-25-10-2-5-16(25)12-6-8-13(26)9-7-12/h1,3-4,6-9,16,26H,2,5,10-11H2,(H,24,27)/t16-/m1/s1. The maximum absolute atomic E-state index is 13.2. The number of anilines is 1. The van der Waals surface area contributed by atoms with Crippen molar-refractivity contribution in [1.82, 2.24) is 4.90 Å². The number of nitrogens with zero attached hydrogens (tertiary/aromatic N) is 1. The molecule has 1 aliphatic rings. The average Bonchev–Trinajstić information content (AvgIpc) is 3.04. The van der Waals surface area contributed by atoms with Crippen molar-refractivity contribution in [3.05, 3.63) is 58.6 Å². The Kier molecular flexibility index (Phi) is 5.62. The van der Waals surface area contributed by atoms with Crippen LogP contribution < -0.4 is 5.32 Å². The molecule has 1 amide bonds. The lowest BCUT2D eigenvalue weighted by Gasteiger charge is -2.24. The molecule has 27 heavy (non-hydrogen) atoms. The van der Waals surface area contributed by atoms with Crippen molar-refractivity contribution in [2.75, 3.05) is 18.4 Å². The molecule has 0 aromatic heterocycles. The van der Waals surface area contributed by atoms with Crippen LogP contribution in [0.1, 0.15) is 30.0 Å². The van der Waals surface area contributed by atoms with Crippen molar-refractivity contribution in [2.24, 2.45) is 0 Å². The molecule has 2 aromatic carbocycles. The van der Waals surface area contributed by atoms with Gasteiger partial charge in [0, 0.05) is 6.04 Å². The topological polar surface area (TPSA) is 52.6 Å². The molecule has 1 saturated heterocycles. The number of benzene rings is 2. The highest BCUT2D eigenvalue weighted by molar-refractivity contribution is 6.34. The van der Waals surface area contributed by atoms with E-state index in [0.717, 1.165) is 24.5 Å². The van der Waals surface area contributed by atoms with Gasteiger partial charge in [-0.15, -0.1) is 0 Å². The molecule has 4 nitrogen and oxygen atoms in total. The van der Waals surface area contributed by atoms with Crippen molar-refractivity contribution in [3.8, 4) is 5.75 Å². The van der Waals surface area contributed by atoms with E-state index in [1.807, 2.05) is 4.90 Å². The predicted molar refractivity (Wildman–Crippen MR) is 96.7 cm³/mol. The molecular formula is C19H18ClF3N2O2. The highest BCUT2D eigenvalue weighted by Crippen LogP contribution is 2.38. The Balaban J connectivity index is 1.74. The van der Waals surface area contributed by atoms with E-state index in [1.165, 1.54) is 12.1 Å². The fourth-order valence-electron chi connectivity index (χ4n) is 3.34. The van der Waals surface area contributed by atoms with Gasteiger partial charge in [0.1, 0.15) is 5.75 Å². The van der Waals surface area contributed by atoms with Gasteiger partial charge in [-0.1, -0.05) is 29.8 Å². The Bertz CT molecular complexity index is 825. The third-order valence-corrected chi connectivity index (χ3v) is 4.89. The maximum Gasteiger partial charge on any atom is 0.418 e. The minimum absolute atomic E-state index is 0.0234. The highest BCUT2D eigenvalue weighted by Gasteiger charge is 2.35. The number of alkyl halides is 3. The smallest absolute Gasteiger partial charge is 0.418 e. The number of carbonyl (C=O) groups excluding carboxylic acids is 1. The van der Waals surface area contributed by atoms with Crippen molar-refractivity contribution < 1.29 is 23.1 Å². The first-order valence-corrected chi connectivity index (χ1v) is 8.82. The highest BCUT2D eigenvalue weighted by atomic mass is 35.5. The molecule has 1 heterocycles. The molecule has 8 heteroatoms. The van der Waals surface area contributed by atoms with Crippen LogP contribution in [0.3, 0.4) is 0 Å². The second-order valence-electron chi connectivity index (χ2n) is 6.43. The predicted octanol–water partition coefficient (Wildman–Crippen LogP) is 4.84. The lowest BCUT2D eigenvalue weighted by atomic mass is 10.0. The zero-order valence-electron chi connectivity index (χ0n) is 14.3. The third kappa shape index (κ3) is 4.54. The van der Waals surface area contributed by atoms with Crippen molar-refractivity contribution >= 4 is 23.2 Å². The molecule has 144 valence electrons. The summed E-state index contributed by atoms with van der Waals surface area (Å²) in [6, 6.07) is 10.1. The molecule has 2 aromatic rings. The summed E-state index contributed by atoms with van der Waals surface area (Å²) in [4.78, 5) is 14.3. The second-order valence-corrected chi connectivity index (χ2v) is 6.84. The molecule has 0 bridgehead atoms. The van der Waals surface area contributed by atoms with Crippen LogP contribution in [0.5, 0.6) is 5.75 Å². The fraction of sp³-hybridized carbons (Fsp3) is 0.316. The molecule has 1 fully saturated rings. The van der Waals surface area contributed by atoms with Crippen LogP contribution in [-0.4, -0.2) is 29.0 Å². The first-order valence-electron chi connectivity index (χ1n) is 8.44. The van der Waals surface area contributed by atoms with E-state index in [0.29, 0.717) is 6.54 Å². The van der Waals surface area contributed by atoms with E-state index in [-0.39, 0.29) is 23.4 Å². The number of phenolic OH excluding ortho intramolecular Hbond substituents is 1. The number of carbonyl (C=O) groups is 1. The van der Waals surface area contributed by atoms with Gasteiger partial charge in [-0.25, -0.2) is 0 Å². The Hall–Kier alpha value is -2.25. The van der Waals surface area contributed by atoms with Crippen LogP contribution >= 0.6 is 11.6 Å². The van der Waals surface area contributed by atoms with Gasteiger partial charge in [0.05, 0.1) is 22.8 Å². The SMILES string of the molecule is O=C(CN1CCC[C@@H]1c1ccc(O)cc1)Nc1c(Cl)cccc1C(F)(F)F. The first kappa shape index (κ1) is 19.5. The number of halogens is 4. The quantitative estimate of drug-likeness (QED) is 0.774. The van der Waals surface area contributed by atoms with E-state index >= 15 is 0 Å². The molecule has 1 atom stereocenters. The molecule has 0 radical (unpaired) electrons.